The van der Waals surface area contributed by atoms with E-state index in [4.69, 9.17) is 9.47 Å². The Kier molecular flexibility index (Phi) is 7.46. The number of sulfonamides is 1. The Balaban J connectivity index is 1.80. The number of anilines is 2. The summed E-state index contributed by atoms with van der Waals surface area (Å²) >= 11 is 0. The van der Waals surface area contributed by atoms with Crippen molar-refractivity contribution in [2.45, 2.75) is 11.8 Å². The standard InChI is InChI=1S/C22H22N4O6S/c1-3-32-17-10-8-16(9-11-17)15-23-24-19-13-12-18(14-21(19)26(27)28)33(29,30)25-20-6-4-5-7-22(20)31-2/h4-15,24-25H,3H2,1-2H3. The Hall–Kier alpha value is -4.12. The molecular weight excluding hydrogens is 448 g/mol. The lowest BCUT2D eigenvalue weighted by atomic mass is 10.2. The van der Waals surface area contributed by atoms with E-state index >= 15 is 0 Å². The number of nitrogens with one attached hydrogen (secondary N) is 2. The lowest BCUT2D eigenvalue weighted by molar-refractivity contribution is -0.384. The van der Waals surface area contributed by atoms with Crippen LogP contribution >= 0.6 is 0 Å². The van der Waals surface area contributed by atoms with Crippen LogP contribution in [0.25, 0.3) is 0 Å². The third-order valence-corrected chi connectivity index (χ3v) is 5.78. The van der Waals surface area contributed by atoms with Crippen molar-refractivity contribution in [2.24, 2.45) is 5.10 Å². The van der Waals surface area contributed by atoms with E-state index in [-0.39, 0.29) is 16.3 Å². The van der Waals surface area contributed by atoms with Crippen LogP contribution in [0.4, 0.5) is 17.1 Å². The predicted octanol–water partition coefficient (Wildman–Crippen LogP) is 4.25. The van der Waals surface area contributed by atoms with Gasteiger partial charge in [-0.3, -0.25) is 20.3 Å². The smallest absolute Gasteiger partial charge is 0.295 e. The first-order valence-electron chi connectivity index (χ1n) is 9.80. The number of hydrogen-bond donors (Lipinski definition) is 2. The molecule has 0 aliphatic rings. The molecule has 0 heterocycles. The lowest BCUT2D eigenvalue weighted by Gasteiger charge is -2.12. The second-order valence-electron chi connectivity index (χ2n) is 6.61. The molecule has 0 aliphatic heterocycles. The van der Waals surface area contributed by atoms with Crippen molar-refractivity contribution >= 4 is 33.3 Å². The first-order valence-corrected chi connectivity index (χ1v) is 11.3. The topological polar surface area (TPSA) is 132 Å². The number of nitro groups is 1. The Morgan fingerprint density at radius 1 is 1.06 bits per heavy atom. The van der Waals surface area contributed by atoms with Crippen molar-refractivity contribution in [1.82, 2.24) is 0 Å². The molecule has 172 valence electrons. The molecule has 0 saturated carbocycles. The van der Waals surface area contributed by atoms with Gasteiger partial charge in [-0.1, -0.05) is 12.1 Å². The zero-order valence-electron chi connectivity index (χ0n) is 17.9. The van der Waals surface area contributed by atoms with Crippen molar-refractivity contribution in [3.8, 4) is 11.5 Å². The fraction of sp³-hybridized carbons (Fsp3) is 0.136. The van der Waals surface area contributed by atoms with E-state index < -0.39 is 20.6 Å². The van der Waals surface area contributed by atoms with Crippen molar-refractivity contribution in [3.05, 3.63) is 82.4 Å². The van der Waals surface area contributed by atoms with Gasteiger partial charge >= 0.3 is 0 Å². The molecule has 0 fully saturated rings. The number of hydrogen-bond acceptors (Lipinski definition) is 8. The fourth-order valence-electron chi connectivity index (χ4n) is 2.85. The van der Waals surface area contributed by atoms with Gasteiger partial charge < -0.3 is 9.47 Å². The zero-order valence-corrected chi connectivity index (χ0v) is 18.7. The number of para-hydroxylation sites is 2. The SMILES string of the molecule is CCOc1ccc(C=NNc2ccc(S(=O)(=O)Nc3ccccc3OC)cc2[N+](=O)[O-])cc1. The molecule has 2 N–H and O–H groups in total. The molecule has 3 aromatic rings. The summed E-state index contributed by atoms with van der Waals surface area (Å²) in [6.45, 7) is 2.44. The summed E-state index contributed by atoms with van der Waals surface area (Å²) in [5.74, 6) is 1.04. The highest BCUT2D eigenvalue weighted by Gasteiger charge is 2.22. The maximum Gasteiger partial charge on any atom is 0.295 e. The Morgan fingerprint density at radius 2 is 1.79 bits per heavy atom. The molecule has 0 unspecified atom stereocenters. The van der Waals surface area contributed by atoms with E-state index in [9.17, 15) is 18.5 Å². The van der Waals surface area contributed by atoms with Gasteiger partial charge in [0.15, 0.2) is 0 Å². The van der Waals surface area contributed by atoms with Gasteiger partial charge in [-0.2, -0.15) is 5.10 Å². The van der Waals surface area contributed by atoms with E-state index in [1.165, 1.54) is 31.5 Å². The van der Waals surface area contributed by atoms with Gasteiger partial charge in [-0.15, -0.1) is 0 Å². The number of methoxy groups -OCH3 is 1. The minimum atomic E-state index is -4.10. The van der Waals surface area contributed by atoms with Gasteiger partial charge in [0, 0.05) is 6.07 Å². The van der Waals surface area contributed by atoms with Crippen LogP contribution < -0.4 is 19.6 Å². The van der Waals surface area contributed by atoms with Crippen LogP contribution in [0.3, 0.4) is 0 Å². The van der Waals surface area contributed by atoms with Gasteiger partial charge in [0.05, 0.1) is 35.4 Å². The molecule has 0 saturated heterocycles. The maximum absolute atomic E-state index is 12.8. The molecule has 0 aromatic heterocycles. The lowest BCUT2D eigenvalue weighted by Crippen LogP contribution is -2.14. The third-order valence-electron chi connectivity index (χ3n) is 4.42. The Labute approximate surface area is 191 Å². The molecule has 3 aromatic carbocycles. The molecule has 0 atom stereocenters. The number of nitro benzene ring substituents is 1. The summed E-state index contributed by atoms with van der Waals surface area (Å²) in [4.78, 5) is 10.6. The monoisotopic (exact) mass is 470 g/mol. The van der Waals surface area contributed by atoms with E-state index in [0.717, 1.165) is 17.4 Å². The van der Waals surface area contributed by atoms with Gasteiger partial charge in [-0.05, 0) is 61.0 Å². The van der Waals surface area contributed by atoms with Crippen LogP contribution in [0.5, 0.6) is 11.5 Å². The van der Waals surface area contributed by atoms with Crippen molar-refractivity contribution in [1.29, 1.82) is 0 Å². The van der Waals surface area contributed by atoms with Gasteiger partial charge in [0.25, 0.3) is 15.7 Å². The minimum absolute atomic E-state index is 0.0402. The summed E-state index contributed by atoms with van der Waals surface area (Å²) in [5.41, 5.74) is 3.15. The molecule has 0 amide bonds. The van der Waals surface area contributed by atoms with Crippen LogP contribution in [0, 0.1) is 10.1 Å². The molecular formula is C22H22N4O6S. The highest BCUT2D eigenvalue weighted by Crippen LogP contribution is 2.30. The highest BCUT2D eigenvalue weighted by molar-refractivity contribution is 7.92. The number of hydrazone groups is 1. The Morgan fingerprint density at radius 3 is 2.45 bits per heavy atom. The average Bonchev–Trinajstić information content (AvgIpc) is 2.80. The van der Waals surface area contributed by atoms with Crippen molar-refractivity contribution in [3.63, 3.8) is 0 Å². The molecule has 0 spiro atoms. The zero-order chi connectivity index (χ0) is 23.8. The van der Waals surface area contributed by atoms with Crippen molar-refractivity contribution in [2.75, 3.05) is 23.9 Å². The second-order valence-corrected chi connectivity index (χ2v) is 8.30. The first kappa shape index (κ1) is 23.5. The number of nitrogens with zero attached hydrogens (tertiary/aromatic N) is 2. The quantitative estimate of drug-likeness (QED) is 0.257. The van der Waals surface area contributed by atoms with Crippen LogP contribution in [0.2, 0.25) is 0 Å². The average molecular weight is 471 g/mol. The van der Waals surface area contributed by atoms with Crippen LogP contribution in [-0.2, 0) is 10.0 Å². The van der Waals surface area contributed by atoms with E-state index in [0.29, 0.717) is 12.4 Å². The predicted molar refractivity (Wildman–Crippen MR) is 126 cm³/mol. The summed E-state index contributed by atoms with van der Waals surface area (Å²) in [5, 5.41) is 15.6. The third kappa shape index (κ3) is 5.98. The molecule has 0 bridgehead atoms. The van der Waals surface area contributed by atoms with E-state index in [2.05, 4.69) is 15.2 Å². The maximum atomic E-state index is 12.8. The second kappa shape index (κ2) is 10.5. The van der Waals surface area contributed by atoms with E-state index in [1.54, 1.807) is 42.5 Å². The molecule has 33 heavy (non-hydrogen) atoms. The Bertz CT molecular complexity index is 1260. The summed E-state index contributed by atoms with van der Waals surface area (Å²) in [6, 6.07) is 17.1. The minimum Gasteiger partial charge on any atom is -0.495 e. The van der Waals surface area contributed by atoms with Gasteiger partial charge in [-0.25, -0.2) is 8.42 Å². The number of ether oxygens (including phenoxy) is 2. The largest absolute Gasteiger partial charge is 0.495 e. The number of rotatable bonds is 10. The summed E-state index contributed by atoms with van der Waals surface area (Å²) in [7, 11) is -2.69. The number of benzene rings is 3. The normalized spacial score (nSPS) is 11.2. The van der Waals surface area contributed by atoms with Gasteiger partial charge in [0.2, 0.25) is 0 Å². The van der Waals surface area contributed by atoms with Crippen LogP contribution in [-0.4, -0.2) is 33.3 Å². The molecule has 10 nitrogen and oxygen atoms in total. The molecule has 0 aliphatic carbocycles. The molecule has 3 rings (SSSR count). The molecule has 11 heteroatoms. The summed E-state index contributed by atoms with van der Waals surface area (Å²) < 4.78 is 38.5. The van der Waals surface area contributed by atoms with Crippen molar-refractivity contribution < 1.29 is 22.8 Å². The first-order chi connectivity index (χ1) is 15.8. The molecule has 0 radical (unpaired) electrons. The summed E-state index contributed by atoms with van der Waals surface area (Å²) in [6.07, 6.45) is 1.48. The van der Waals surface area contributed by atoms with Crippen LogP contribution in [0.1, 0.15) is 12.5 Å². The highest BCUT2D eigenvalue weighted by atomic mass is 32.2. The fourth-order valence-corrected chi connectivity index (χ4v) is 3.94. The van der Waals surface area contributed by atoms with Gasteiger partial charge in [0.1, 0.15) is 17.2 Å². The van der Waals surface area contributed by atoms with E-state index in [1.807, 2.05) is 6.92 Å². The van der Waals surface area contributed by atoms with Crippen LogP contribution in [0.15, 0.2) is 76.7 Å².